The Balaban J connectivity index is 2.60. The number of hydrogen-bond donors (Lipinski definition) is 1. The minimum atomic E-state index is 0.474. The highest BCUT2D eigenvalue weighted by Crippen LogP contribution is 2.35. The van der Waals surface area contributed by atoms with Gasteiger partial charge in [-0.1, -0.05) is 0 Å². The van der Waals surface area contributed by atoms with Crippen LogP contribution in [0.4, 0.5) is 0 Å². The predicted octanol–water partition coefficient (Wildman–Crippen LogP) is 3.48. The van der Waals surface area contributed by atoms with Crippen LogP contribution >= 0.6 is 45.2 Å². The number of phenolic OH excluding ortho intramolecular Hbond substituents is 1. The molecule has 0 aliphatic heterocycles. The van der Waals surface area contributed by atoms with Crippen molar-refractivity contribution in [1.29, 1.82) is 0 Å². The van der Waals surface area contributed by atoms with Crippen molar-refractivity contribution in [3.8, 4) is 5.75 Å². The number of aryl methyl sites for hydroxylation is 1. The number of rotatable bonds is 0. The smallest absolute Gasteiger partial charge is 0.142 e. The Kier molecular flexibility index (Phi) is 3.02. The summed E-state index contributed by atoms with van der Waals surface area (Å²) in [6.45, 7) is 0. The molecule has 1 aromatic carbocycles. The van der Waals surface area contributed by atoms with Gasteiger partial charge in [0.05, 0.1) is 7.14 Å². The third kappa shape index (κ3) is 1.82. The molecule has 0 atom stereocenters. The van der Waals surface area contributed by atoms with Crippen molar-refractivity contribution in [2.45, 2.75) is 25.7 Å². The molecule has 1 N–H and O–H groups in total. The Morgan fingerprint density at radius 1 is 1.15 bits per heavy atom. The molecule has 0 radical (unpaired) electrons. The molecule has 0 heterocycles. The van der Waals surface area contributed by atoms with Crippen LogP contribution in [0, 0.1) is 7.14 Å². The van der Waals surface area contributed by atoms with Crippen LogP contribution in [-0.4, -0.2) is 5.11 Å². The lowest BCUT2D eigenvalue weighted by Crippen LogP contribution is -2.05. The van der Waals surface area contributed by atoms with E-state index in [1.807, 2.05) is 0 Å². The minimum absolute atomic E-state index is 0.474. The number of fused-ring (bicyclic) bond motifs is 1. The number of benzene rings is 1. The largest absolute Gasteiger partial charge is 0.506 e. The molecule has 0 saturated heterocycles. The van der Waals surface area contributed by atoms with Crippen LogP contribution in [0.15, 0.2) is 6.07 Å². The van der Waals surface area contributed by atoms with Crippen LogP contribution in [0.5, 0.6) is 5.75 Å². The van der Waals surface area contributed by atoms with Gasteiger partial charge < -0.3 is 5.11 Å². The van der Waals surface area contributed by atoms with Gasteiger partial charge in [-0.2, -0.15) is 0 Å². The van der Waals surface area contributed by atoms with Gasteiger partial charge in [-0.25, -0.2) is 0 Å². The molecule has 0 aromatic heterocycles. The fourth-order valence-electron chi connectivity index (χ4n) is 1.81. The van der Waals surface area contributed by atoms with Gasteiger partial charge in [0.15, 0.2) is 0 Å². The molecule has 70 valence electrons. The van der Waals surface area contributed by atoms with E-state index < -0.39 is 0 Å². The third-order valence-electron chi connectivity index (χ3n) is 2.51. The second-order valence-electron chi connectivity index (χ2n) is 3.37. The molecule has 0 spiro atoms. The first-order valence-electron chi connectivity index (χ1n) is 4.39. The summed E-state index contributed by atoms with van der Waals surface area (Å²) in [7, 11) is 0. The molecule has 1 aliphatic carbocycles. The van der Waals surface area contributed by atoms with Crippen molar-refractivity contribution in [2.24, 2.45) is 0 Å². The maximum absolute atomic E-state index is 9.75. The van der Waals surface area contributed by atoms with E-state index in [1.54, 1.807) is 0 Å². The average Bonchev–Trinajstić information content (AvgIpc) is 2.15. The Labute approximate surface area is 105 Å². The summed E-state index contributed by atoms with van der Waals surface area (Å²) in [6.07, 6.45) is 4.88. The molecule has 0 saturated carbocycles. The summed E-state index contributed by atoms with van der Waals surface area (Å²) in [4.78, 5) is 0. The Morgan fingerprint density at radius 3 is 2.62 bits per heavy atom. The lowest BCUT2D eigenvalue weighted by molar-refractivity contribution is 0.465. The average molecular weight is 400 g/mol. The second kappa shape index (κ2) is 3.92. The molecule has 0 amide bonds. The molecule has 1 nitrogen and oxygen atoms in total. The molecular formula is C10H10I2O. The second-order valence-corrected chi connectivity index (χ2v) is 5.61. The van der Waals surface area contributed by atoms with Crippen LogP contribution in [0.3, 0.4) is 0 Å². The van der Waals surface area contributed by atoms with Gasteiger partial charge in [-0.15, -0.1) is 0 Å². The van der Waals surface area contributed by atoms with E-state index in [9.17, 15) is 5.11 Å². The van der Waals surface area contributed by atoms with Crippen LogP contribution in [0.25, 0.3) is 0 Å². The molecule has 13 heavy (non-hydrogen) atoms. The fourth-order valence-corrected chi connectivity index (χ4v) is 3.88. The van der Waals surface area contributed by atoms with Gasteiger partial charge >= 0.3 is 0 Å². The zero-order chi connectivity index (χ0) is 9.42. The first kappa shape index (κ1) is 10.0. The Bertz CT molecular complexity index is 347. The Morgan fingerprint density at radius 2 is 1.85 bits per heavy atom. The van der Waals surface area contributed by atoms with Crippen LogP contribution < -0.4 is 0 Å². The summed E-state index contributed by atoms with van der Waals surface area (Å²) in [5, 5.41) is 9.75. The summed E-state index contributed by atoms with van der Waals surface area (Å²) < 4.78 is 2.06. The molecule has 2 rings (SSSR count). The first-order chi connectivity index (χ1) is 6.20. The van der Waals surface area contributed by atoms with Crippen molar-refractivity contribution < 1.29 is 5.11 Å². The van der Waals surface area contributed by atoms with E-state index in [2.05, 4.69) is 51.2 Å². The van der Waals surface area contributed by atoms with Gasteiger partial charge in [-0.05, 0) is 88.1 Å². The summed E-state index contributed by atoms with van der Waals surface area (Å²) >= 11 is 4.46. The number of halogens is 2. The quantitative estimate of drug-likeness (QED) is 0.662. The van der Waals surface area contributed by atoms with Gasteiger partial charge in [0, 0.05) is 0 Å². The SMILES string of the molecule is Oc1c(I)cc2c(c1I)CCCC2. The molecule has 3 heteroatoms. The van der Waals surface area contributed by atoms with Gasteiger partial charge in [0.1, 0.15) is 5.75 Å². The molecule has 0 unspecified atom stereocenters. The van der Waals surface area contributed by atoms with Gasteiger partial charge in [-0.3, -0.25) is 0 Å². The van der Waals surface area contributed by atoms with Gasteiger partial charge in [0.2, 0.25) is 0 Å². The summed E-state index contributed by atoms with van der Waals surface area (Å²) in [6, 6.07) is 2.13. The normalized spacial score (nSPS) is 15.5. The maximum Gasteiger partial charge on any atom is 0.142 e. The van der Waals surface area contributed by atoms with E-state index in [1.165, 1.54) is 30.4 Å². The van der Waals surface area contributed by atoms with E-state index in [-0.39, 0.29) is 0 Å². The summed E-state index contributed by atoms with van der Waals surface area (Å²) in [5.41, 5.74) is 2.82. The number of phenols is 1. The minimum Gasteiger partial charge on any atom is -0.506 e. The van der Waals surface area contributed by atoms with Crippen molar-refractivity contribution in [3.63, 3.8) is 0 Å². The van der Waals surface area contributed by atoms with Crippen LogP contribution in [-0.2, 0) is 12.8 Å². The van der Waals surface area contributed by atoms with Gasteiger partial charge in [0.25, 0.3) is 0 Å². The fraction of sp³-hybridized carbons (Fsp3) is 0.400. The highest BCUT2D eigenvalue weighted by atomic mass is 127. The van der Waals surface area contributed by atoms with Crippen molar-refractivity contribution in [2.75, 3.05) is 0 Å². The summed E-state index contributed by atoms with van der Waals surface area (Å²) in [5.74, 6) is 0.474. The molecule has 0 fully saturated rings. The topological polar surface area (TPSA) is 20.2 Å². The molecule has 0 bridgehead atoms. The Hall–Kier alpha value is 0.480. The lowest BCUT2D eigenvalue weighted by atomic mass is 9.92. The first-order valence-corrected chi connectivity index (χ1v) is 6.54. The monoisotopic (exact) mass is 400 g/mol. The molecule has 1 aliphatic rings. The van der Waals surface area contributed by atoms with E-state index in [4.69, 9.17) is 0 Å². The maximum atomic E-state index is 9.75. The molecule has 1 aromatic rings. The number of aromatic hydroxyl groups is 1. The van der Waals surface area contributed by atoms with E-state index in [0.29, 0.717) is 5.75 Å². The van der Waals surface area contributed by atoms with Crippen LogP contribution in [0.1, 0.15) is 24.0 Å². The zero-order valence-corrected chi connectivity index (χ0v) is 11.4. The lowest BCUT2D eigenvalue weighted by Gasteiger charge is -2.18. The van der Waals surface area contributed by atoms with Crippen molar-refractivity contribution >= 4 is 45.2 Å². The molecular weight excluding hydrogens is 390 g/mol. The van der Waals surface area contributed by atoms with E-state index >= 15 is 0 Å². The van der Waals surface area contributed by atoms with Crippen molar-refractivity contribution in [1.82, 2.24) is 0 Å². The number of hydrogen-bond acceptors (Lipinski definition) is 1. The highest BCUT2D eigenvalue weighted by Gasteiger charge is 2.16. The van der Waals surface area contributed by atoms with E-state index in [0.717, 1.165) is 13.6 Å². The van der Waals surface area contributed by atoms with Crippen molar-refractivity contribution in [3.05, 3.63) is 24.3 Å². The third-order valence-corrected chi connectivity index (χ3v) is 4.49. The van der Waals surface area contributed by atoms with Crippen LogP contribution in [0.2, 0.25) is 0 Å². The predicted molar refractivity (Wildman–Crippen MR) is 70.2 cm³/mol. The standard InChI is InChI=1S/C10H10I2O/c11-8-5-6-3-1-2-4-7(6)9(12)10(8)13/h5,13H,1-4H2. The zero-order valence-electron chi connectivity index (χ0n) is 7.11. The highest BCUT2D eigenvalue weighted by molar-refractivity contribution is 14.1.